The lowest BCUT2D eigenvalue weighted by molar-refractivity contribution is 0.0930. The van der Waals surface area contributed by atoms with E-state index in [2.05, 4.69) is 15.5 Å². The molecule has 1 saturated carbocycles. The fourth-order valence-corrected chi connectivity index (χ4v) is 3.54. The minimum atomic E-state index is -4.02. The standard InChI is InChI=1S/C12H18ClN3O3S/c1-7(2)9-11(20(13,18)19)10(16-15-9)12(17)14-6-8-4-3-5-8/h7-8H,3-6H2,1-2H3,(H,14,17)(H,15,16). The maximum absolute atomic E-state index is 12.1. The third kappa shape index (κ3) is 3.15. The quantitative estimate of drug-likeness (QED) is 0.812. The van der Waals surface area contributed by atoms with Crippen molar-refractivity contribution in [2.45, 2.75) is 43.9 Å². The lowest BCUT2D eigenvalue weighted by Crippen LogP contribution is -2.33. The lowest BCUT2D eigenvalue weighted by Gasteiger charge is -2.25. The number of nitrogens with zero attached hydrogens (tertiary/aromatic N) is 1. The van der Waals surface area contributed by atoms with E-state index in [1.54, 1.807) is 13.8 Å². The minimum absolute atomic E-state index is 0.126. The van der Waals surface area contributed by atoms with Crippen LogP contribution in [0.3, 0.4) is 0 Å². The molecule has 2 rings (SSSR count). The van der Waals surface area contributed by atoms with Crippen molar-refractivity contribution in [3.8, 4) is 0 Å². The molecular weight excluding hydrogens is 302 g/mol. The van der Waals surface area contributed by atoms with E-state index in [4.69, 9.17) is 10.7 Å². The maximum atomic E-state index is 12.1. The summed E-state index contributed by atoms with van der Waals surface area (Å²) in [6.07, 6.45) is 3.37. The normalized spacial score (nSPS) is 16.2. The van der Waals surface area contributed by atoms with Gasteiger partial charge in [-0.15, -0.1) is 0 Å². The second-order valence-corrected chi connectivity index (χ2v) is 7.92. The summed E-state index contributed by atoms with van der Waals surface area (Å²) in [5.74, 6) is -0.142. The molecule has 1 fully saturated rings. The zero-order valence-corrected chi connectivity index (χ0v) is 13.0. The summed E-state index contributed by atoms with van der Waals surface area (Å²) in [6.45, 7) is 4.15. The fourth-order valence-electron chi connectivity index (χ4n) is 2.15. The largest absolute Gasteiger partial charge is 0.350 e. The number of hydrogen-bond acceptors (Lipinski definition) is 4. The molecule has 0 aliphatic heterocycles. The van der Waals surface area contributed by atoms with E-state index in [0.29, 0.717) is 18.2 Å². The van der Waals surface area contributed by atoms with Crippen LogP contribution < -0.4 is 5.32 Å². The van der Waals surface area contributed by atoms with Gasteiger partial charge >= 0.3 is 0 Å². The van der Waals surface area contributed by atoms with E-state index in [1.807, 2.05) is 0 Å². The number of aromatic nitrogens is 2. The Hall–Kier alpha value is -1.08. The Morgan fingerprint density at radius 3 is 2.60 bits per heavy atom. The van der Waals surface area contributed by atoms with Gasteiger partial charge in [0.2, 0.25) is 0 Å². The van der Waals surface area contributed by atoms with Gasteiger partial charge in [-0.25, -0.2) is 8.42 Å². The van der Waals surface area contributed by atoms with Crippen molar-refractivity contribution in [3.63, 3.8) is 0 Å². The number of hydrogen-bond donors (Lipinski definition) is 2. The first-order valence-electron chi connectivity index (χ1n) is 6.61. The van der Waals surface area contributed by atoms with Crippen molar-refractivity contribution in [1.29, 1.82) is 0 Å². The van der Waals surface area contributed by atoms with Gasteiger partial charge in [-0.2, -0.15) is 5.10 Å². The Bertz CT molecular complexity index is 605. The SMILES string of the molecule is CC(C)c1[nH]nc(C(=O)NCC2CCC2)c1S(=O)(=O)Cl. The predicted octanol–water partition coefficient (Wildman–Crippen LogP) is 1.99. The van der Waals surface area contributed by atoms with Crippen molar-refractivity contribution in [3.05, 3.63) is 11.4 Å². The van der Waals surface area contributed by atoms with E-state index in [1.165, 1.54) is 6.42 Å². The van der Waals surface area contributed by atoms with Crippen LogP contribution in [0.15, 0.2) is 4.90 Å². The van der Waals surface area contributed by atoms with Gasteiger partial charge in [-0.1, -0.05) is 20.3 Å². The molecule has 1 heterocycles. The van der Waals surface area contributed by atoms with E-state index < -0.39 is 15.0 Å². The molecule has 0 unspecified atom stereocenters. The van der Waals surface area contributed by atoms with Crippen LogP contribution in [0.1, 0.15) is 55.2 Å². The smallest absolute Gasteiger partial charge is 0.273 e. The summed E-state index contributed by atoms with van der Waals surface area (Å²) in [5.41, 5.74) is 0.205. The van der Waals surface area contributed by atoms with Gasteiger partial charge in [-0.05, 0) is 24.7 Å². The molecule has 1 amide bonds. The molecule has 6 nitrogen and oxygen atoms in total. The molecule has 0 spiro atoms. The highest BCUT2D eigenvalue weighted by atomic mass is 35.7. The van der Waals surface area contributed by atoms with Crippen LogP contribution in [-0.2, 0) is 9.05 Å². The van der Waals surface area contributed by atoms with E-state index >= 15 is 0 Å². The summed E-state index contributed by atoms with van der Waals surface area (Å²) in [7, 11) is 1.41. The second kappa shape index (κ2) is 5.73. The van der Waals surface area contributed by atoms with Crippen molar-refractivity contribution in [2.24, 2.45) is 5.92 Å². The highest BCUT2D eigenvalue weighted by Gasteiger charge is 2.30. The maximum Gasteiger partial charge on any atom is 0.273 e. The van der Waals surface area contributed by atoms with Gasteiger partial charge in [-0.3, -0.25) is 9.89 Å². The molecular formula is C12H18ClN3O3S. The van der Waals surface area contributed by atoms with Crippen LogP contribution in [0.4, 0.5) is 0 Å². The number of halogens is 1. The topological polar surface area (TPSA) is 91.9 Å². The number of aromatic amines is 1. The summed E-state index contributed by atoms with van der Waals surface area (Å²) in [4.78, 5) is 11.9. The molecule has 0 bridgehead atoms. The van der Waals surface area contributed by atoms with E-state index in [-0.39, 0.29) is 16.5 Å². The molecule has 1 aromatic heterocycles. The van der Waals surface area contributed by atoms with Crippen molar-refractivity contribution in [1.82, 2.24) is 15.5 Å². The molecule has 2 N–H and O–H groups in total. The second-order valence-electron chi connectivity index (χ2n) is 5.41. The highest BCUT2D eigenvalue weighted by Crippen LogP contribution is 2.28. The molecule has 0 aromatic carbocycles. The average Bonchev–Trinajstić information content (AvgIpc) is 2.70. The van der Waals surface area contributed by atoms with Gasteiger partial charge in [0.15, 0.2) is 5.69 Å². The Balaban J connectivity index is 2.24. The van der Waals surface area contributed by atoms with Crippen LogP contribution in [-0.4, -0.2) is 31.1 Å². The Morgan fingerprint density at radius 1 is 1.50 bits per heavy atom. The molecule has 1 aromatic rings. The Kier molecular flexibility index (Phi) is 4.39. The third-order valence-electron chi connectivity index (χ3n) is 3.56. The van der Waals surface area contributed by atoms with Crippen LogP contribution in [0, 0.1) is 5.92 Å². The first-order chi connectivity index (χ1) is 9.30. The number of rotatable bonds is 5. The van der Waals surface area contributed by atoms with Crippen molar-refractivity contribution < 1.29 is 13.2 Å². The molecule has 0 atom stereocenters. The van der Waals surface area contributed by atoms with Gasteiger partial charge in [0.1, 0.15) is 4.90 Å². The molecule has 8 heteroatoms. The molecule has 0 radical (unpaired) electrons. The highest BCUT2D eigenvalue weighted by molar-refractivity contribution is 8.13. The molecule has 1 aliphatic carbocycles. The van der Waals surface area contributed by atoms with Crippen molar-refractivity contribution in [2.75, 3.05) is 6.54 Å². The van der Waals surface area contributed by atoms with Crippen molar-refractivity contribution >= 4 is 25.6 Å². The number of carbonyl (C=O) groups is 1. The minimum Gasteiger partial charge on any atom is -0.350 e. The molecule has 1 aliphatic rings. The third-order valence-corrected chi connectivity index (χ3v) is 4.92. The summed E-state index contributed by atoms with van der Waals surface area (Å²) in [5, 5.41) is 9.15. The van der Waals surface area contributed by atoms with Gasteiger partial charge in [0, 0.05) is 17.2 Å². The summed E-state index contributed by atoms with van der Waals surface area (Å²) in [6, 6.07) is 0. The number of H-pyrrole nitrogens is 1. The van der Waals surface area contributed by atoms with Gasteiger partial charge in [0.05, 0.1) is 5.69 Å². The first kappa shape index (κ1) is 15.3. The number of amides is 1. The van der Waals surface area contributed by atoms with Crippen LogP contribution >= 0.6 is 10.7 Å². The molecule has 0 saturated heterocycles. The predicted molar refractivity (Wildman–Crippen MR) is 75.4 cm³/mol. The van der Waals surface area contributed by atoms with Crippen LogP contribution in [0.2, 0.25) is 0 Å². The van der Waals surface area contributed by atoms with Crippen LogP contribution in [0.25, 0.3) is 0 Å². The van der Waals surface area contributed by atoms with Crippen LogP contribution in [0.5, 0.6) is 0 Å². The summed E-state index contributed by atoms with van der Waals surface area (Å²) >= 11 is 0. The van der Waals surface area contributed by atoms with E-state index in [9.17, 15) is 13.2 Å². The number of carbonyl (C=O) groups excluding carboxylic acids is 1. The first-order valence-corrected chi connectivity index (χ1v) is 8.92. The zero-order chi connectivity index (χ0) is 14.9. The molecule has 20 heavy (non-hydrogen) atoms. The zero-order valence-electron chi connectivity index (χ0n) is 11.4. The monoisotopic (exact) mass is 319 g/mol. The lowest BCUT2D eigenvalue weighted by atomic mass is 9.85. The van der Waals surface area contributed by atoms with Gasteiger partial charge in [0.25, 0.3) is 15.0 Å². The summed E-state index contributed by atoms with van der Waals surface area (Å²) < 4.78 is 23.4. The Labute approximate surface area is 122 Å². The molecule has 112 valence electrons. The fraction of sp³-hybridized carbons (Fsp3) is 0.667. The average molecular weight is 320 g/mol. The Morgan fingerprint density at radius 2 is 2.15 bits per heavy atom. The van der Waals surface area contributed by atoms with Gasteiger partial charge < -0.3 is 5.32 Å². The number of nitrogens with one attached hydrogen (secondary N) is 2. The van der Waals surface area contributed by atoms with E-state index in [0.717, 1.165) is 12.8 Å².